The van der Waals surface area contributed by atoms with Crippen LogP contribution in [0.25, 0.3) is 44.4 Å². The number of hydrogen-bond acceptors (Lipinski definition) is 9. The van der Waals surface area contributed by atoms with Crippen molar-refractivity contribution < 1.29 is 33.4 Å². The van der Waals surface area contributed by atoms with Crippen molar-refractivity contribution in [2.75, 3.05) is 40.5 Å². The summed E-state index contributed by atoms with van der Waals surface area (Å²) in [6.45, 7) is 2.33. The molecule has 4 fully saturated rings. The van der Waals surface area contributed by atoms with Crippen LogP contribution in [-0.4, -0.2) is 100 Å². The molecule has 4 aliphatic rings. The molecule has 4 atom stereocenters. The molecule has 0 radical (unpaired) electrons. The molecule has 4 amide bonds. The van der Waals surface area contributed by atoms with E-state index in [0.717, 1.165) is 82.3 Å². The number of nitrogens with zero attached hydrogens (tertiary/aromatic N) is 4. The lowest BCUT2D eigenvalue weighted by molar-refractivity contribution is -0.137. The Morgan fingerprint density at radius 1 is 0.697 bits per heavy atom. The predicted octanol–water partition coefficient (Wildman–Crippen LogP) is 8.25. The average Bonchev–Trinajstić information content (AvgIpc) is 3.90. The summed E-state index contributed by atoms with van der Waals surface area (Å²) in [7, 11) is 2.61. The highest BCUT2D eigenvalue weighted by Crippen LogP contribution is 2.58. The molecule has 10 rings (SSSR count). The van der Waals surface area contributed by atoms with E-state index >= 15 is 0 Å². The molecule has 1 aliphatic carbocycles. The zero-order valence-electron chi connectivity index (χ0n) is 37.1. The normalized spacial score (nSPS) is 20.0. The second-order valence-corrected chi connectivity index (χ2v) is 18.1. The van der Waals surface area contributed by atoms with Gasteiger partial charge in [0.1, 0.15) is 23.7 Å². The number of alkyl carbamates (subject to hydrolysis) is 2. The molecule has 0 unspecified atom stereocenters. The van der Waals surface area contributed by atoms with Crippen LogP contribution in [0.1, 0.15) is 80.3 Å². The summed E-state index contributed by atoms with van der Waals surface area (Å²) in [6, 6.07) is 28.4. The summed E-state index contributed by atoms with van der Waals surface area (Å²) >= 11 is 0. The third-order valence-corrected chi connectivity index (χ3v) is 14.1. The molecule has 4 N–H and O–H groups in total. The van der Waals surface area contributed by atoms with Crippen LogP contribution in [-0.2, 0) is 23.8 Å². The number of methoxy groups -OCH3 is 2. The molecular weight excluding hydrogens is 837 g/mol. The van der Waals surface area contributed by atoms with E-state index in [1.165, 1.54) is 14.2 Å². The summed E-state index contributed by atoms with van der Waals surface area (Å²) < 4.78 is 15.3. The van der Waals surface area contributed by atoms with E-state index in [1.807, 2.05) is 47.6 Å². The quantitative estimate of drug-likeness (QED) is 0.0995. The number of hydrogen-bond donors (Lipinski definition) is 4. The fourth-order valence-corrected chi connectivity index (χ4v) is 10.2. The van der Waals surface area contributed by atoms with Gasteiger partial charge >= 0.3 is 12.2 Å². The minimum Gasteiger partial charge on any atom is -0.453 e. The fourth-order valence-electron chi connectivity index (χ4n) is 10.2. The highest BCUT2D eigenvalue weighted by atomic mass is 16.5. The first kappa shape index (κ1) is 42.9. The highest BCUT2D eigenvalue weighted by Gasteiger charge is 2.55. The van der Waals surface area contributed by atoms with Crippen LogP contribution in [0.4, 0.5) is 9.59 Å². The van der Waals surface area contributed by atoms with Crippen molar-refractivity contribution in [3.8, 4) is 33.6 Å². The maximum Gasteiger partial charge on any atom is 0.407 e. The number of ether oxygens (including phenoxy) is 3. The van der Waals surface area contributed by atoms with Crippen LogP contribution >= 0.6 is 0 Å². The number of aromatic nitrogens is 4. The van der Waals surface area contributed by atoms with E-state index in [-0.39, 0.29) is 35.2 Å². The highest BCUT2D eigenvalue weighted by molar-refractivity contribution is 5.91. The summed E-state index contributed by atoms with van der Waals surface area (Å²) in [5.41, 5.74) is 6.66. The van der Waals surface area contributed by atoms with Gasteiger partial charge in [-0.2, -0.15) is 0 Å². The molecule has 1 spiro atoms. The van der Waals surface area contributed by atoms with Gasteiger partial charge in [-0.15, -0.1) is 0 Å². The molecule has 340 valence electrons. The van der Waals surface area contributed by atoms with Crippen molar-refractivity contribution in [1.82, 2.24) is 40.4 Å². The van der Waals surface area contributed by atoms with Crippen molar-refractivity contribution >= 4 is 34.8 Å². The Bertz CT molecular complexity index is 2740. The van der Waals surface area contributed by atoms with E-state index in [1.54, 1.807) is 4.90 Å². The van der Waals surface area contributed by atoms with Gasteiger partial charge in [0.25, 0.3) is 5.91 Å². The maximum absolute atomic E-state index is 14.3. The number of likely N-dealkylation sites (tertiary alicyclic amines) is 2. The molecule has 2 aromatic heterocycles. The largest absolute Gasteiger partial charge is 0.453 e. The molecule has 15 heteroatoms. The minimum absolute atomic E-state index is 0.0293. The van der Waals surface area contributed by atoms with Gasteiger partial charge in [-0.1, -0.05) is 78.9 Å². The fraction of sp³-hybridized carbons (Fsp3) is 0.373. The number of carbonyl (C=O) groups is 4. The van der Waals surface area contributed by atoms with Crippen LogP contribution in [0, 0.1) is 11.3 Å². The third-order valence-electron chi connectivity index (χ3n) is 14.1. The molecule has 5 heterocycles. The zero-order chi connectivity index (χ0) is 45.4. The number of imidazole rings is 2. The van der Waals surface area contributed by atoms with Gasteiger partial charge in [-0.3, -0.25) is 9.59 Å². The lowest BCUT2D eigenvalue weighted by Gasteiger charge is -2.34. The van der Waals surface area contributed by atoms with Crippen molar-refractivity contribution in [3.05, 3.63) is 121 Å². The Hall–Kier alpha value is -7.00. The first-order valence-corrected chi connectivity index (χ1v) is 22.9. The van der Waals surface area contributed by atoms with Crippen LogP contribution in [0.5, 0.6) is 0 Å². The predicted molar refractivity (Wildman–Crippen MR) is 247 cm³/mol. The topological polar surface area (TPSA) is 184 Å². The third kappa shape index (κ3) is 8.62. The van der Waals surface area contributed by atoms with E-state index in [0.29, 0.717) is 50.5 Å². The van der Waals surface area contributed by atoms with Crippen LogP contribution < -0.4 is 10.6 Å². The summed E-state index contributed by atoms with van der Waals surface area (Å²) in [5.74, 6) is 1.14. The van der Waals surface area contributed by atoms with E-state index in [9.17, 15) is 19.2 Å². The van der Waals surface area contributed by atoms with Crippen LogP contribution in [0.15, 0.2) is 103 Å². The minimum atomic E-state index is -0.883. The number of rotatable bonds is 11. The number of benzene rings is 4. The van der Waals surface area contributed by atoms with Gasteiger partial charge in [-0.25, -0.2) is 19.6 Å². The van der Waals surface area contributed by atoms with Crippen molar-refractivity contribution in [2.24, 2.45) is 11.3 Å². The SMILES string of the molecule is COC(=O)N[C@H](C(=O)N1CC2(CC2)C[C@H]1c1ncc(-c2ccc(-c3ccc4cc(-c5cnc([C@@H]6CCCN6C(=O)[C@H](NC(=O)OC)c6ccccc6)[nH]5)ccc4c3)cc2)[nH]1)C1CCOCC1. The Morgan fingerprint density at radius 3 is 1.98 bits per heavy atom. The average molecular weight is 891 g/mol. The van der Waals surface area contributed by atoms with Gasteiger partial charge in [0.2, 0.25) is 5.91 Å². The second kappa shape index (κ2) is 18.1. The smallest absolute Gasteiger partial charge is 0.407 e. The molecule has 1 saturated carbocycles. The first-order chi connectivity index (χ1) is 32.2. The van der Waals surface area contributed by atoms with Crippen molar-refractivity contribution in [2.45, 2.75) is 69.1 Å². The molecule has 4 aromatic carbocycles. The Labute approximate surface area is 382 Å². The van der Waals surface area contributed by atoms with Gasteiger partial charge < -0.3 is 44.6 Å². The molecule has 6 aromatic rings. The number of carbonyl (C=O) groups excluding carboxylic acids is 4. The number of aromatic amines is 2. The van der Waals surface area contributed by atoms with E-state index in [4.69, 9.17) is 24.2 Å². The number of H-pyrrole nitrogens is 2. The molecule has 0 bridgehead atoms. The van der Waals surface area contributed by atoms with E-state index in [2.05, 4.69) is 81.3 Å². The Morgan fingerprint density at radius 2 is 1.30 bits per heavy atom. The summed E-state index contributed by atoms with van der Waals surface area (Å²) in [6.07, 6.45) is 8.36. The molecule has 15 nitrogen and oxygen atoms in total. The Balaban J connectivity index is 0.822. The van der Waals surface area contributed by atoms with E-state index < -0.39 is 24.3 Å². The zero-order valence-corrected chi connectivity index (χ0v) is 37.1. The second-order valence-electron chi connectivity index (χ2n) is 18.1. The standard InChI is InChI=1S/C51H54N8O7/c1-64-49(62)56-43(33-7-4-3-5-8-33)47(60)58-22-6-9-41(58)45-52-29-40(55-45)38-17-16-36-25-35(14-15-37(36)26-38)31-10-12-32(13-11-31)39-28-53-46(54-39)42-27-51(20-21-51)30-59(42)48(61)44(57-50(63)65-2)34-18-23-66-24-19-34/h3-5,7-8,10-17,25-26,28-29,34,41-44H,6,9,18-24,27,30H2,1-2H3,(H,52,55)(H,53,54)(H,56,62)(H,57,63)/t41-,42-,43+,44-/m0/s1. The molecule has 3 aliphatic heterocycles. The molecule has 66 heavy (non-hydrogen) atoms. The lowest BCUT2D eigenvalue weighted by Crippen LogP contribution is -2.53. The number of nitrogens with one attached hydrogen (secondary N) is 4. The van der Waals surface area contributed by atoms with Gasteiger partial charge in [0.15, 0.2) is 0 Å². The van der Waals surface area contributed by atoms with Crippen LogP contribution in [0.3, 0.4) is 0 Å². The summed E-state index contributed by atoms with van der Waals surface area (Å²) in [4.78, 5) is 73.4. The van der Waals surface area contributed by atoms with Crippen molar-refractivity contribution in [3.63, 3.8) is 0 Å². The monoisotopic (exact) mass is 890 g/mol. The number of fused-ring (bicyclic) bond motifs is 1. The van der Waals surface area contributed by atoms with Gasteiger partial charge in [0.05, 0.1) is 50.1 Å². The first-order valence-electron chi connectivity index (χ1n) is 22.9. The summed E-state index contributed by atoms with van der Waals surface area (Å²) in [5, 5.41) is 7.77. The van der Waals surface area contributed by atoms with Crippen LogP contribution in [0.2, 0.25) is 0 Å². The number of amides is 4. The molecule has 3 saturated heterocycles. The Kier molecular flexibility index (Phi) is 11.8. The molecular formula is C51H54N8O7. The van der Waals surface area contributed by atoms with Gasteiger partial charge in [0, 0.05) is 31.9 Å². The van der Waals surface area contributed by atoms with Crippen molar-refractivity contribution in [1.29, 1.82) is 0 Å². The van der Waals surface area contributed by atoms with Gasteiger partial charge in [-0.05, 0) is 101 Å². The maximum atomic E-state index is 14.3. The lowest BCUT2D eigenvalue weighted by atomic mass is 9.90.